The summed E-state index contributed by atoms with van der Waals surface area (Å²) in [7, 11) is 0. The van der Waals surface area contributed by atoms with Crippen molar-refractivity contribution in [2.45, 2.75) is 118 Å². The molecule has 0 N–H and O–H groups in total. The maximum Gasteiger partial charge on any atom is 0.227 e. The van der Waals surface area contributed by atoms with Crippen molar-refractivity contribution in [3.05, 3.63) is 162 Å². The third-order valence-electron chi connectivity index (χ3n) is 12.9. The summed E-state index contributed by atoms with van der Waals surface area (Å²) in [4.78, 5) is 25.0. The van der Waals surface area contributed by atoms with Crippen molar-refractivity contribution in [2.75, 3.05) is 11.4 Å². The highest BCUT2D eigenvalue weighted by Crippen LogP contribution is 2.38. The van der Waals surface area contributed by atoms with Crippen LogP contribution < -0.4 is 4.90 Å². The van der Waals surface area contributed by atoms with Crippen molar-refractivity contribution in [3.8, 4) is 67.0 Å². The fraction of sp³-hybridized carbons (Fsp3) is 0.317. The van der Waals surface area contributed by atoms with E-state index in [-0.39, 0.29) is 27.6 Å². The second-order valence-electron chi connectivity index (χ2n) is 22.0. The molecule has 3 heterocycles. The number of hydrogen-bond donors (Lipinski definition) is 0. The number of anilines is 1. The Kier molecular flexibility index (Phi) is 11.7. The van der Waals surface area contributed by atoms with Crippen LogP contribution in [0.3, 0.4) is 0 Å². The van der Waals surface area contributed by atoms with Crippen LogP contribution in [0.4, 0.5) is 5.69 Å². The zero-order valence-corrected chi connectivity index (χ0v) is 40.2. The number of aromatic nitrogens is 2. The third kappa shape index (κ3) is 9.67. The second kappa shape index (κ2) is 16.8. The van der Waals surface area contributed by atoms with E-state index < -0.39 is 0 Å². The summed E-state index contributed by atoms with van der Waals surface area (Å²) in [6.07, 6.45) is 5.44. The number of carbonyl (C=O) groups is 1. The van der Waals surface area contributed by atoms with E-state index in [4.69, 9.17) is 9.97 Å². The molecule has 7 aromatic rings. The predicted octanol–water partition coefficient (Wildman–Crippen LogP) is 15.8. The van der Waals surface area contributed by atoms with E-state index in [1.165, 1.54) is 22.3 Å². The molecule has 0 saturated carbocycles. The number of hydrogen-bond acceptors (Lipinski definition) is 3. The highest BCUT2D eigenvalue weighted by molar-refractivity contribution is 5.97. The number of amides is 1. The molecule has 0 aliphatic carbocycles. The molecule has 0 spiro atoms. The second-order valence-corrected chi connectivity index (χ2v) is 22.0. The predicted molar refractivity (Wildman–Crippen MR) is 271 cm³/mol. The monoisotopic (exact) mass is 844 g/mol. The van der Waals surface area contributed by atoms with Gasteiger partial charge in [-0.3, -0.25) is 14.8 Å². The molecule has 64 heavy (non-hydrogen) atoms. The zero-order valence-electron chi connectivity index (χ0n) is 40.2. The Morgan fingerprint density at radius 3 is 0.984 bits per heavy atom. The van der Waals surface area contributed by atoms with Gasteiger partial charge in [0.15, 0.2) is 0 Å². The molecule has 0 radical (unpaired) electrons. The number of nitrogens with zero attached hydrogens (tertiary/aromatic N) is 3. The molecule has 1 aliphatic heterocycles. The Balaban J connectivity index is 1.06. The Morgan fingerprint density at radius 1 is 0.375 bits per heavy atom. The van der Waals surface area contributed by atoms with E-state index in [1.54, 1.807) is 0 Å². The lowest BCUT2D eigenvalue weighted by atomic mass is 9.79. The molecule has 326 valence electrons. The normalized spacial score (nSPS) is 13.8. The molecular weight excluding hydrogens is 779 g/mol. The van der Waals surface area contributed by atoms with E-state index in [0.29, 0.717) is 6.42 Å². The van der Waals surface area contributed by atoms with Crippen molar-refractivity contribution in [1.82, 2.24) is 9.97 Å². The van der Waals surface area contributed by atoms with Gasteiger partial charge in [-0.1, -0.05) is 156 Å². The lowest BCUT2D eigenvalue weighted by molar-refractivity contribution is -0.117. The number of pyridine rings is 2. The average molecular weight is 844 g/mol. The summed E-state index contributed by atoms with van der Waals surface area (Å²) < 4.78 is 0. The van der Waals surface area contributed by atoms with Gasteiger partial charge in [-0.2, -0.15) is 0 Å². The zero-order chi connectivity index (χ0) is 45.8. The van der Waals surface area contributed by atoms with Crippen LogP contribution in [0.25, 0.3) is 67.0 Å². The van der Waals surface area contributed by atoms with Crippen LogP contribution >= 0.6 is 0 Å². The van der Waals surface area contributed by atoms with Gasteiger partial charge in [0.05, 0.1) is 11.4 Å². The fourth-order valence-corrected chi connectivity index (χ4v) is 8.49. The lowest BCUT2D eigenvalue weighted by Crippen LogP contribution is -2.23. The van der Waals surface area contributed by atoms with Crippen LogP contribution in [-0.4, -0.2) is 22.4 Å². The number of rotatable bonds is 7. The van der Waals surface area contributed by atoms with Gasteiger partial charge in [-0.05, 0) is 138 Å². The minimum Gasteiger partial charge on any atom is -0.312 e. The van der Waals surface area contributed by atoms with Crippen LogP contribution in [0.1, 0.15) is 118 Å². The largest absolute Gasteiger partial charge is 0.312 e. The van der Waals surface area contributed by atoms with Crippen LogP contribution in [0.5, 0.6) is 0 Å². The highest BCUT2D eigenvalue weighted by Gasteiger charge is 2.25. The van der Waals surface area contributed by atoms with Crippen molar-refractivity contribution in [1.29, 1.82) is 0 Å². The van der Waals surface area contributed by atoms with Crippen molar-refractivity contribution in [3.63, 3.8) is 0 Å². The van der Waals surface area contributed by atoms with Gasteiger partial charge in [0.1, 0.15) is 0 Å². The lowest BCUT2D eigenvalue weighted by Gasteiger charge is -2.26. The number of benzene rings is 5. The topological polar surface area (TPSA) is 46.1 Å². The quantitative estimate of drug-likeness (QED) is 0.161. The fourth-order valence-electron chi connectivity index (χ4n) is 8.49. The van der Waals surface area contributed by atoms with E-state index >= 15 is 0 Å². The summed E-state index contributed by atoms with van der Waals surface area (Å²) in [6.45, 7) is 28.0. The summed E-state index contributed by atoms with van der Waals surface area (Å²) in [6, 6.07) is 46.6. The molecule has 0 bridgehead atoms. The summed E-state index contributed by atoms with van der Waals surface area (Å²) in [5.41, 5.74) is 19.4. The minimum atomic E-state index is 0.0380. The molecule has 1 amide bonds. The molecule has 1 aliphatic rings. The van der Waals surface area contributed by atoms with E-state index in [9.17, 15) is 4.79 Å². The van der Waals surface area contributed by atoms with E-state index in [2.05, 4.69) is 210 Å². The highest BCUT2D eigenvalue weighted by atomic mass is 16.2. The summed E-state index contributed by atoms with van der Waals surface area (Å²) >= 11 is 0. The molecule has 0 atom stereocenters. The molecular formula is C60H65N3O. The third-order valence-corrected chi connectivity index (χ3v) is 12.9. The Labute approximate surface area is 382 Å². The SMILES string of the molecule is CC(C)(C)c1cc(-c2ccc(-c3ccc(-c4cc(-c5ccc(-c6ccc(-c7cc(C(C)(C)C)cc(C(C)(C)C)c7)nc6)cc5)cc(N5CCCC5=O)c4)cc3)cn2)cc(C(C)(C)C)c1. The summed E-state index contributed by atoms with van der Waals surface area (Å²) in [5.74, 6) is 0.181. The van der Waals surface area contributed by atoms with Crippen LogP contribution in [-0.2, 0) is 26.5 Å². The molecule has 2 aromatic heterocycles. The molecule has 4 nitrogen and oxygen atoms in total. The standard InChI is InChI=1S/C60H65N3O/c1-57(2,3)49-29-47(30-50(35-49)58(4,5)6)54-25-23-43(37-61-54)39-15-19-41(20-16-39)45-28-46(34-53(33-45)63-27-13-14-56(63)64)42-21-17-40(18-22-42)44-24-26-55(62-38-44)48-31-51(59(7,8)9)36-52(32-48)60(10,11)12/h15-26,28-38H,13-14,27H2,1-12H3. The Hall–Kier alpha value is -6.13. The van der Waals surface area contributed by atoms with Gasteiger partial charge in [0.2, 0.25) is 5.91 Å². The van der Waals surface area contributed by atoms with Crippen molar-refractivity contribution in [2.24, 2.45) is 0 Å². The molecule has 5 aromatic carbocycles. The Bertz CT molecular complexity index is 2560. The van der Waals surface area contributed by atoms with Gasteiger partial charge in [0, 0.05) is 53.3 Å². The molecule has 8 rings (SSSR count). The molecule has 1 fully saturated rings. The average Bonchev–Trinajstić information content (AvgIpc) is 3.70. The smallest absolute Gasteiger partial charge is 0.227 e. The van der Waals surface area contributed by atoms with Gasteiger partial charge in [-0.25, -0.2) is 0 Å². The molecule has 0 unspecified atom stereocenters. The van der Waals surface area contributed by atoms with Gasteiger partial charge in [0.25, 0.3) is 0 Å². The number of carbonyl (C=O) groups excluding carboxylic acids is 1. The van der Waals surface area contributed by atoms with Crippen LogP contribution in [0.2, 0.25) is 0 Å². The first-order valence-corrected chi connectivity index (χ1v) is 23.0. The van der Waals surface area contributed by atoms with Crippen LogP contribution in [0, 0.1) is 0 Å². The van der Waals surface area contributed by atoms with Gasteiger partial charge in [-0.15, -0.1) is 0 Å². The van der Waals surface area contributed by atoms with Crippen LogP contribution in [0.15, 0.2) is 140 Å². The van der Waals surface area contributed by atoms with Gasteiger partial charge >= 0.3 is 0 Å². The first-order chi connectivity index (χ1) is 30.1. The first-order valence-electron chi connectivity index (χ1n) is 23.0. The maximum absolute atomic E-state index is 13.1. The molecule has 1 saturated heterocycles. The summed E-state index contributed by atoms with van der Waals surface area (Å²) in [5, 5.41) is 0. The minimum absolute atomic E-state index is 0.0380. The van der Waals surface area contributed by atoms with Crippen molar-refractivity contribution < 1.29 is 4.79 Å². The Morgan fingerprint density at radius 2 is 0.703 bits per heavy atom. The van der Waals surface area contributed by atoms with E-state index in [1.807, 2.05) is 17.3 Å². The van der Waals surface area contributed by atoms with Crippen molar-refractivity contribution >= 4 is 11.6 Å². The first kappa shape index (κ1) is 44.5. The maximum atomic E-state index is 13.1. The van der Waals surface area contributed by atoms with E-state index in [0.717, 1.165) is 85.7 Å². The molecule has 4 heteroatoms. The van der Waals surface area contributed by atoms with Gasteiger partial charge < -0.3 is 4.90 Å².